The number of hydrogen-bond acceptors (Lipinski definition) is 4. The van der Waals surface area contributed by atoms with Gasteiger partial charge in [0.2, 0.25) is 0 Å². The van der Waals surface area contributed by atoms with Gasteiger partial charge in [-0.05, 0) is 67.3 Å². The number of anilines is 1. The molecular formula is C31H38N2O3S. The Morgan fingerprint density at radius 1 is 0.838 bits per heavy atom. The second-order valence-corrected chi connectivity index (χ2v) is 10.1. The summed E-state index contributed by atoms with van der Waals surface area (Å²) in [7, 11) is 0. The SMILES string of the molecule is CCCCCCNC(=O)N(CCc1ccccc1)c1ccc(Sc2cccc(OC(=O)CCC)c2)cc1. The van der Waals surface area contributed by atoms with Crippen molar-refractivity contribution in [1.29, 1.82) is 0 Å². The Kier molecular flexibility index (Phi) is 12.1. The van der Waals surface area contributed by atoms with Gasteiger partial charge < -0.3 is 10.1 Å². The number of rotatable bonds is 14. The normalized spacial score (nSPS) is 10.6. The Balaban J connectivity index is 1.66. The van der Waals surface area contributed by atoms with Crippen molar-refractivity contribution in [2.45, 2.75) is 68.6 Å². The van der Waals surface area contributed by atoms with Crippen molar-refractivity contribution in [1.82, 2.24) is 5.32 Å². The smallest absolute Gasteiger partial charge is 0.321 e. The van der Waals surface area contributed by atoms with Crippen molar-refractivity contribution < 1.29 is 14.3 Å². The minimum Gasteiger partial charge on any atom is -0.426 e. The van der Waals surface area contributed by atoms with Crippen LogP contribution in [0.1, 0.15) is 57.9 Å². The van der Waals surface area contributed by atoms with E-state index in [9.17, 15) is 9.59 Å². The number of esters is 1. The molecule has 0 aliphatic rings. The molecule has 0 saturated carbocycles. The Morgan fingerprint density at radius 3 is 2.35 bits per heavy atom. The fourth-order valence-corrected chi connectivity index (χ4v) is 4.76. The summed E-state index contributed by atoms with van der Waals surface area (Å²) in [6.07, 6.45) is 6.45. The fraction of sp³-hybridized carbons (Fsp3) is 0.355. The third-order valence-electron chi connectivity index (χ3n) is 5.89. The fourth-order valence-electron chi connectivity index (χ4n) is 3.89. The number of hydrogen-bond donors (Lipinski definition) is 1. The lowest BCUT2D eigenvalue weighted by Gasteiger charge is -2.24. The second kappa shape index (κ2) is 15.8. The lowest BCUT2D eigenvalue weighted by molar-refractivity contribution is -0.134. The molecule has 0 atom stereocenters. The topological polar surface area (TPSA) is 58.6 Å². The summed E-state index contributed by atoms with van der Waals surface area (Å²) < 4.78 is 5.42. The average Bonchev–Trinajstić information content (AvgIpc) is 2.90. The molecule has 37 heavy (non-hydrogen) atoms. The highest BCUT2D eigenvalue weighted by molar-refractivity contribution is 7.99. The third kappa shape index (κ3) is 9.96. The van der Waals surface area contributed by atoms with Crippen LogP contribution in [0.3, 0.4) is 0 Å². The predicted molar refractivity (Wildman–Crippen MR) is 153 cm³/mol. The van der Waals surface area contributed by atoms with Gasteiger partial charge in [-0.2, -0.15) is 0 Å². The van der Waals surface area contributed by atoms with Crippen LogP contribution in [0.2, 0.25) is 0 Å². The lowest BCUT2D eigenvalue weighted by Crippen LogP contribution is -2.41. The van der Waals surface area contributed by atoms with E-state index in [4.69, 9.17) is 4.74 Å². The molecule has 0 radical (unpaired) electrons. The van der Waals surface area contributed by atoms with Crippen molar-refractivity contribution in [3.05, 3.63) is 84.4 Å². The van der Waals surface area contributed by atoms with E-state index in [0.717, 1.165) is 41.2 Å². The molecule has 0 heterocycles. The molecule has 6 heteroatoms. The maximum Gasteiger partial charge on any atom is 0.321 e. The van der Waals surface area contributed by atoms with E-state index >= 15 is 0 Å². The van der Waals surface area contributed by atoms with Crippen LogP contribution in [-0.2, 0) is 11.2 Å². The van der Waals surface area contributed by atoms with Crippen LogP contribution in [0.25, 0.3) is 0 Å². The number of carbonyl (C=O) groups is 2. The summed E-state index contributed by atoms with van der Waals surface area (Å²) in [5, 5.41) is 3.10. The van der Waals surface area contributed by atoms with Gasteiger partial charge in [0.25, 0.3) is 0 Å². The second-order valence-electron chi connectivity index (χ2n) is 8.97. The monoisotopic (exact) mass is 518 g/mol. The molecule has 1 N–H and O–H groups in total. The number of unbranched alkanes of at least 4 members (excludes halogenated alkanes) is 3. The summed E-state index contributed by atoms with van der Waals surface area (Å²) in [5.74, 6) is 0.344. The largest absolute Gasteiger partial charge is 0.426 e. The van der Waals surface area contributed by atoms with Crippen LogP contribution in [0.4, 0.5) is 10.5 Å². The van der Waals surface area contributed by atoms with Crippen molar-refractivity contribution in [3.63, 3.8) is 0 Å². The highest BCUT2D eigenvalue weighted by atomic mass is 32.2. The number of nitrogens with zero attached hydrogens (tertiary/aromatic N) is 1. The summed E-state index contributed by atoms with van der Waals surface area (Å²) in [5.41, 5.74) is 2.07. The molecule has 0 bridgehead atoms. The van der Waals surface area contributed by atoms with Gasteiger partial charge in [0, 0.05) is 35.0 Å². The summed E-state index contributed by atoms with van der Waals surface area (Å²) in [6, 6.07) is 25.8. The summed E-state index contributed by atoms with van der Waals surface area (Å²) >= 11 is 1.59. The molecule has 3 rings (SSSR count). The molecule has 0 aliphatic heterocycles. The number of urea groups is 1. The van der Waals surface area contributed by atoms with E-state index < -0.39 is 0 Å². The van der Waals surface area contributed by atoms with Crippen molar-refractivity contribution in [2.75, 3.05) is 18.0 Å². The molecule has 196 valence electrons. The average molecular weight is 519 g/mol. The van der Waals surface area contributed by atoms with Crippen molar-refractivity contribution in [2.24, 2.45) is 0 Å². The molecule has 0 unspecified atom stereocenters. The summed E-state index contributed by atoms with van der Waals surface area (Å²) in [6.45, 7) is 5.43. The first kappa shape index (κ1) is 28.3. The van der Waals surface area contributed by atoms with Crippen molar-refractivity contribution >= 4 is 29.4 Å². The first-order chi connectivity index (χ1) is 18.1. The number of ether oxygens (including phenoxy) is 1. The quantitative estimate of drug-likeness (QED) is 0.134. The van der Waals surface area contributed by atoms with E-state index in [-0.39, 0.29) is 12.0 Å². The zero-order valence-corrected chi connectivity index (χ0v) is 22.8. The number of benzene rings is 3. The highest BCUT2D eigenvalue weighted by Gasteiger charge is 2.16. The van der Waals surface area contributed by atoms with Gasteiger partial charge in [0.05, 0.1) is 0 Å². The van der Waals surface area contributed by atoms with Gasteiger partial charge in [0.1, 0.15) is 5.75 Å². The van der Waals surface area contributed by atoms with Crippen LogP contribution in [-0.4, -0.2) is 25.1 Å². The van der Waals surface area contributed by atoms with E-state index in [1.165, 1.54) is 18.4 Å². The molecular weight excluding hydrogens is 480 g/mol. The van der Waals surface area contributed by atoms with Crippen LogP contribution in [0.15, 0.2) is 88.7 Å². The van der Waals surface area contributed by atoms with E-state index in [2.05, 4.69) is 24.4 Å². The Labute approximate surface area is 225 Å². The summed E-state index contributed by atoms with van der Waals surface area (Å²) in [4.78, 5) is 28.8. The molecule has 3 aromatic rings. The zero-order chi connectivity index (χ0) is 26.3. The van der Waals surface area contributed by atoms with E-state index in [1.54, 1.807) is 17.8 Å². The van der Waals surface area contributed by atoms with Gasteiger partial charge in [-0.3, -0.25) is 9.69 Å². The van der Waals surface area contributed by atoms with Gasteiger partial charge in [-0.25, -0.2) is 4.79 Å². The highest BCUT2D eigenvalue weighted by Crippen LogP contribution is 2.31. The maximum atomic E-state index is 13.1. The Bertz CT molecular complexity index is 1100. The predicted octanol–water partition coefficient (Wildman–Crippen LogP) is 7.88. The number of amides is 2. The lowest BCUT2D eigenvalue weighted by atomic mass is 10.1. The zero-order valence-electron chi connectivity index (χ0n) is 21.9. The van der Waals surface area contributed by atoms with Crippen LogP contribution >= 0.6 is 11.8 Å². The molecule has 0 fully saturated rings. The van der Waals surface area contributed by atoms with Crippen LogP contribution < -0.4 is 15.0 Å². The van der Waals surface area contributed by atoms with Crippen molar-refractivity contribution in [3.8, 4) is 5.75 Å². The minimum atomic E-state index is -0.215. The minimum absolute atomic E-state index is 0.0607. The Morgan fingerprint density at radius 2 is 1.62 bits per heavy atom. The molecule has 5 nitrogen and oxygen atoms in total. The van der Waals surface area contributed by atoms with Crippen LogP contribution in [0, 0.1) is 0 Å². The van der Waals surface area contributed by atoms with E-state index in [0.29, 0.717) is 25.3 Å². The molecule has 0 aromatic heterocycles. The van der Waals surface area contributed by atoms with Gasteiger partial charge >= 0.3 is 12.0 Å². The number of nitrogens with one attached hydrogen (secondary N) is 1. The molecule has 3 aromatic carbocycles. The third-order valence-corrected chi connectivity index (χ3v) is 6.89. The molecule has 2 amide bonds. The molecule has 0 saturated heterocycles. The maximum absolute atomic E-state index is 13.1. The first-order valence-electron chi connectivity index (χ1n) is 13.3. The first-order valence-corrected chi connectivity index (χ1v) is 14.1. The van der Waals surface area contributed by atoms with Gasteiger partial charge in [-0.15, -0.1) is 0 Å². The number of carbonyl (C=O) groups excluding carboxylic acids is 2. The van der Waals surface area contributed by atoms with Gasteiger partial charge in [-0.1, -0.05) is 81.3 Å². The van der Waals surface area contributed by atoms with Crippen LogP contribution in [0.5, 0.6) is 5.75 Å². The molecule has 0 spiro atoms. The standard InChI is InChI=1S/C31H38N2O3S/c1-3-5-6-10-22-32-31(35)33(23-21-25-13-8-7-9-14-25)26-17-19-28(20-18-26)37-29-16-11-15-27(24-29)36-30(34)12-4-2/h7-9,11,13-20,24H,3-6,10,12,21-23H2,1-2H3,(H,32,35). The van der Waals surface area contributed by atoms with E-state index in [1.807, 2.05) is 72.5 Å². The Hall–Kier alpha value is -3.25. The van der Waals surface area contributed by atoms with Gasteiger partial charge in [0.15, 0.2) is 0 Å². The molecule has 0 aliphatic carbocycles.